The number of benzene rings is 2. The molecule has 6 heteroatoms. The van der Waals surface area contributed by atoms with E-state index in [-0.39, 0.29) is 17.2 Å². The number of nitrogens with two attached hydrogens (primary N) is 1. The van der Waals surface area contributed by atoms with Gasteiger partial charge in [-0.25, -0.2) is 4.39 Å². The predicted molar refractivity (Wildman–Crippen MR) is 78.7 cm³/mol. The van der Waals surface area contributed by atoms with Crippen LogP contribution in [0.3, 0.4) is 0 Å². The summed E-state index contributed by atoms with van der Waals surface area (Å²) in [5.41, 5.74) is 8.62. The lowest BCUT2D eigenvalue weighted by atomic mass is 10.1. The van der Waals surface area contributed by atoms with E-state index in [0.29, 0.717) is 6.54 Å². The van der Waals surface area contributed by atoms with Crippen LogP contribution in [0.15, 0.2) is 36.4 Å². The van der Waals surface area contributed by atoms with E-state index < -0.39 is 4.92 Å². The zero-order valence-electron chi connectivity index (χ0n) is 11.3. The normalized spacial score (nSPS) is 13.3. The molecule has 2 aromatic carbocycles. The second kappa shape index (κ2) is 5.05. The van der Waals surface area contributed by atoms with Gasteiger partial charge in [-0.15, -0.1) is 0 Å². The number of nitrogens with zero attached hydrogens (tertiary/aromatic N) is 2. The summed E-state index contributed by atoms with van der Waals surface area (Å²) in [6.07, 6.45) is 0.873. The molecule has 0 saturated heterocycles. The van der Waals surface area contributed by atoms with Crippen LogP contribution in [-0.4, -0.2) is 11.5 Å². The van der Waals surface area contributed by atoms with Gasteiger partial charge in [-0.2, -0.15) is 0 Å². The highest BCUT2D eigenvalue weighted by molar-refractivity contribution is 5.61. The van der Waals surface area contributed by atoms with Crippen molar-refractivity contribution in [1.29, 1.82) is 0 Å². The highest BCUT2D eigenvalue weighted by atomic mass is 19.1. The zero-order valence-corrected chi connectivity index (χ0v) is 11.3. The highest BCUT2D eigenvalue weighted by Gasteiger charge is 2.20. The van der Waals surface area contributed by atoms with Crippen molar-refractivity contribution in [2.75, 3.05) is 17.2 Å². The number of hydrogen-bond donors (Lipinski definition) is 1. The third-order valence-electron chi connectivity index (χ3n) is 3.70. The second-order valence-corrected chi connectivity index (χ2v) is 5.09. The first-order valence-corrected chi connectivity index (χ1v) is 6.61. The Kier molecular flexibility index (Phi) is 3.21. The summed E-state index contributed by atoms with van der Waals surface area (Å²) in [5, 5.41) is 10.8. The van der Waals surface area contributed by atoms with E-state index in [1.165, 1.54) is 18.2 Å². The molecule has 1 heterocycles. The van der Waals surface area contributed by atoms with Gasteiger partial charge >= 0.3 is 0 Å². The highest BCUT2D eigenvalue weighted by Crippen LogP contribution is 2.31. The van der Waals surface area contributed by atoms with Gasteiger partial charge in [0.25, 0.3) is 5.69 Å². The van der Waals surface area contributed by atoms with Crippen molar-refractivity contribution >= 4 is 17.1 Å². The van der Waals surface area contributed by atoms with Crippen LogP contribution in [0.5, 0.6) is 0 Å². The Bertz CT molecular complexity index is 718. The minimum absolute atomic E-state index is 0.0911. The summed E-state index contributed by atoms with van der Waals surface area (Å²) < 4.78 is 13.4. The van der Waals surface area contributed by atoms with E-state index in [4.69, 9.17) is 5.73 Å². The maximum Gasteiger partial charge on any atom is 0.292 e. The summed E-state index contributed by atoms with van der Waals surface area (Å²) in [4.78, 5) is 12.3. The Morgan fingerprint density at radius 1 is 1.29 bits per heavy atom. The Hall–Kier alpha value is -2.63. The third kappa shape index (κ3) is 2.52. The summed E-state index contributed by atoms with van der Waals surface area (Å²) in [7, 11) is 0. The van der Waals surface area contributed by atoms with Crippen molar-refractivity contribution in [3.05, 3.63) is 63.5 Å². The molecule has 0 fully saturated rings. The topological polar surface area (TPSA) is 72.4 Å². The fraction of sp³-hybridized carbons (Fsp3) is 0.200. The fourth-order valence-corrected chi connectivity index (χ4v) is 2.67. The minimum atomic E-state index is -0.500. The summed E-state index contributed by atoms with van der Waals surface area (Å²) >= 11 is 0. The Balaban J connectivity index is 1.85. The monoisotopic (exact) mass is 287 g/mol. The molecule has 0 atom stereocenters. The lowest BCUT2D eigenvalue weighted by Gasteiger charge is -2.19. The van der Waals surface area contributed by atoms with Gasteiger partial charge in [-0.05, 0) is 35.7 Å². The predicted octanol–water partition coefficient (Wildman–Crippen LogP) is 2.88. The minimum Gasteiger partial charge on any atom is -0.393 e. The molecule has 1 aliphatic rings. The van der Waals surface area contributed by atoms with E-state index in [1.807, 2.05) is 0 Å². The number of fused-ring (bicyclic) bond motifs is 1. The molecule has 3 rings (SSSR count). The van der Waals surface area contributed by atoms with Gasteiger partial charge in [-0.1, -0.05) is 12.1 Å². The first kappa shape index (κ1) is 13.4. The zero-order chi connectivity index (χ0) is 15.0. The van der Waals surface area contributed by atoms with E-state index in [2.05, 4.69) is 4.90 Å². The second-order valence-electron chi connectivity index (χ2n) is 5.09. The molecule has 0 aliphatic carbocycles. The van der Waals surface area contributed by atoms with Gasteiger partial charge in [0, 0.05) is 24.8 Å². The van der Waals surface area contributed by atoms with E-state index in [0.717, 1.165) is 29.8 Å². The molecule has 1 aliphatic heterocycles. The van der Waals surface area contributed by atoms with Gasteiger partial charge < -0.3 is 10.6 Å². The van der Waals surface area contributed by atoms with Gasteiger partial charge in [0.1, 0.15) is 11.5 Å². The first-order chi connectivity index (χ1) is 10.0. The standard InChI is InChI=1S/C15H14FN3O2/c16-12-3-2-11-5-6-18(15(11)8-12)9-10-1-4-14(19(20)21)13(17)7-10/h1-4,7-8H,5-6,9,17H2. The summed E-state index contributed by atoms with van der Waals surface area (Å²) in [5.74, 6) is -0.260. The van der Waals surface area contributed by atoms with Crippen LogP contribution in [0, 0.1) is 15.9 Å². The number of nitro benzene ring substituents is 1. The molecular weight excluding hydrogens is 273 g/mol. The molecule has 108 valence electrons. The molecule has 0 saturated carbocycles. The van der Waals surface area contributed by atoms with Crippen LogP contribution in [0.4, 0.5) is 21.5 Å². The number of halogens is 1. The van der Waals surface area contributed by atoms with Crippen molar-refractivity contribution in [2.45, 2.75) is 13.0 Å². The molecule has 21 heavy (non-hydrogen) atoms. The molecule has 5 nitrogen and oxygen atoms in total. The first-order valence-electron chi connectivity index (χ1n) is 6.61. The van der Waals surface area contributed by atoms with Crippen LogP contribution >= 0.6 is 0 Å². The van der Waals surface area contributed by atoms with E-state index in [9.17, 15) is 14.5 Å². The van der Waals surface area contributed by atoms with Gasteiger partial charge in [0.05, 0.1) is 4.92 Å². The van der Waals surface area contributed by atoms with Crippen molar-refractivity contribution in [1.82, 2.24) is 0 Å². The average molecular weight is 287 g/mol. The lowest BCUT2D eigenvalue weighted by Crippen LogP contribution is -2.19. The lowest BCUT2D eigenvalue weighted by molar-refractivity contribution is -0.383. The van der Waals surface area contributed by atoms with Gasteiger partial charge in [-0.3, -0.25) is 10.1 Å². The smallest absolute Gasteiger partial charge is 0.292 e. The van der Waals surface area contributed by atoms with Crippen LogP contribution in [-0.2, 0) is 13.0 Å². The number of anilines is 2. The SMILES string of the molecule is Nc1cc(CN2CCc3ccc(F)cc32)ccc1[N+](=O)[O-]. The molecule has 0 aromatic heterocycles. The van der Waals surface area contributed by atoms with Crippen molar-refractivity contribution in [3.63, 3.8) is 0 Å². The van der Waals surface area contributed by atoms with Crippen molar-refractivity contribution in [3.8, 4) is 0 Å². The quantitative estimate of drug-likeness (QED) is 0.535. The molecular formula is C15H14FN3O2. The summed E-state index contributed by atoms with van der Waals surface area (Å²) in [6.45, 7) is 1.36. The van der Waals surface area contributed by atoms with Crippen LogP contribution < -0.4 is 10.6 Å². The van der Waals surface area contributed by atoms with Crippen molar-refractivity contribution < 1.29 is 9.31 Å². The molecule has 0 unspecified atom stereocenters. The molecule has 0 amide bonds. The average Bonchev–Trinajstić information content (AvgIpc) is 2.81. The van der Waals surface area contributed by atoms with E-state index in [1.54, 1.807) is 18.2 Å². The number of nitrogen functional groups attached to an aromatic ring is 1. The van der Waals surface area contributed by atoms with Crippen LogP contribution in [0.25, 0.3) is 0 Å². The maximum absolute atomic E-state index is 13.4. The largest absolute Gasteiger partial charge is 0.393 e. The van der Waals surface area contributed by atoms with Crippen LogP contribution in [0.1, 0.15) is 11.1 Å². The Morgan fingerprint density at radius 2 is 2.10 bits per heavy atom. The fourth-order valence-electron chi connectivity index (χ4n) is 2.67. The molecule has 2 aromatic rings. The van der Waals surface area contributed by atoms with Gasteiger partial charge in [0.2, 0.25) is 0 Å². The van der Waals surface area contributed by atoms with Crippen molar-refractivity contribution in [2.24, 2.45) is 0 Å². The number of nitro groups is 1. The Morgan fingerprint density at radius 3 is 2.81 bits per heavy atom. The van der Waals surface area contributed by atoms with Crippen LogP contribution in [0.2, 0.25) is 0 Å². The molecule has 2 N–H and O–H groups in total. The molecule has 0 bridgehead atoms. The van der Waals surface area contributed by atoms with E-state index >= 15 is 0 Å². The molecule has 0 radical (unpaired) electrons. The summed E-state index contributed by atoms with van der Waals surface area (Å²) in [6, 6.07) is 9.49. The van der Waals surface area contributed by atoms with Gasteiger partial charge in [0.15, 0.2) is 0 Å². The number of hydrogen-bond acceptors (Lipinski definition) is 4. The number of rotatable bonds is 3. The maximum atomic E-state index is 13.4. The third-order valence-corrected chi connectivity index (χ3v) is 3.70. The molecule has 0 spiro atoms. The Labute approximate surface area is 120 Å².